The molecule has 0 N–H and O–H groups in total. The van der Waals surface area contributed by atoms with Crippen LogP contribution in [0.2, 0.25) is 49.3 Å². The quantitative estimate of drug-likeness (QED) is 0.273. The van der Waals surface area contributed by atoms with Crippen molar-refractivity contribution >= 4 is 55.3 Å². The van der Waals surface area contributed by atoms with Crippen LogP contribution in [0.25, 0.3) is 0 Å². The lowest BCUT2D eigenvalue weighted by atomic mass is 10.2. The number of benzene rings is 2. The van der Waals surface area contributed by atoms with Gasteiger partial charge in [-0.15, -0.1) is 17.5 Å². The fourth-order valence-electron chi connectivity index (χ4n) is 1.67. The molecule has 2 rings (SSSR count). The average Bonchev–Trinajstić information content (AvgIpc) is 2.66. The van der Waals surface area contributed by atoms with Crippen molar-refractivity contribution in [3.05, 3.63) is 56.5 Å². The maximum atomic E-state index is 5.91. The topological polar surface area (TPSA) is 18.5 Å². The lowest BCUT2D eigenvalue weighted by Crippen LogP contribution is -2.16. The molecule has 31 heavy (non-hydrogen) atoms. The standard InChI is InChI=1S/C12H15ClOSi.C7H6BrClO.C5H10Si/c1-14-12-6-5-11(13)9-10(12)7-8-15(2,3)4;1-10-7-3-2-5(9)4-6(7)8;1-5-6(2,3)4/h5-6,9H,1-4H3;2-4H,1H3;1H,2-4H3. The van der Waals surface area contributed by atoms with Gasteiger partial charge >= 0.3 is 0 Å². The van der Waals surface area contributed by atoms with Crippen LogP contribution in [0.3, 0.4) is 0 Å². The summed E-state index contributed by atoms with van der Waals surface area (Å²) >= 11 is 14.9. The van der Waals surface area contributed by atoms with Crippen LogP contribution < -0.4 is 9.47 Å². The molecule has 0 atom stereocenters. The van der Waals surface area contributed by atoms with E-state index in [-0.39, 0.29) is 0 Å². The van der Waals surface area contributed by atoms with Crippen molar-refractivity contribution in [2.45, 2.75) is 39.3 Å². The van der Waals surface area contributed by atoms with E-state index in [2.05, 4.69) is 72.2 Å². The Morgan fingerprint density at radius 3 is 1.65 bits per heavy atom. The number of hydrogen-bond donors (Lipinski definition) is 0. The second-order valence-corrected chi connectivity index (χ2v) is 19.8. The molecule has 0 bridgehead atoms. The van der Waals surface area contributed by atoms with Crippen molar-refractivity contribution in [2.24, 2.45) is 0 Å². The van der Waals surface area contributed by atoms with Crippen molar-refractivity contribution in [1.29, 1.82) is 0 Å². The number of ether oxygens (including phenoxy) is 2. The van der Waals surface area contributed by atoms with E-state index in [1.807, 2.05) is 18.2 Å². The molecule has 0 aliphatic heterocycles. The first-order valence-corrected chi connectivity index (χ1v) is 18.1. The summed E-state index contributed by atoms with van der Waals surface area (Å²) < 4.78 is 11.1. The number of rotatable bonds is 2. The van der Waals surface area contributed by atoms with Gasteiger partial charge in [-0.2, -0.15) is 0 Å². The molecule has 2 nitrogen and oxygen atoms in total. The second kappa shape index (κ2) is 13.9. The zero-order valence-electron chi connectivity index (χ0n) is 19.5. The highest BCUT2D eigenvalue weighted by Gasteiger charge is 2.08. The first-order chi connectivity index (χ1) is 14.2. The summed E-state index contributed by atoms with van der Waals surface area (Å²) in [6.45, 7) is 13.1. The average molecular weight is 558 g/mol. The molecule has 0 amide bonds. The summed E-state index contributed by atoms with van der Waals surface area (Å²) in [5.41, 5.74) is 6.90. The Bertz CT molecular complexity index is 947. The molecule has 0 fully saturated rings. The van der Waals surface area contributed by atoms with Crippen LogP contribution in [-0.2, 0) is 0 Å². The Kier molecular flexibility index (Phi) is 13.3. The van der Waals surface area contributed by atoms with Gasteiger partial charge in [-0.3, -0.25) is 0 Å². The van der Waals surface area contributed by atoms with E-state index in [0.717, 1.165) is 21.5 Å². The number of hydrogen-bond acceptors (Lipinski definition) is 2. The number of terminal acetylenes is 1. The van der Waals surface area contributed by atoms with E-state index >= 15 is 0 Å². The van der Waals surface area contributed by atoms with Gasteiger partial charge in [0.25, 0.3) is 0 Å². The Morgan fingerprint density at radius 1 is 0.806 bits per heavy atom. The maximum absolute atomic E-state index is 5.91. The highest BCUT2D eigenvalue weighted by molar-refractivity contribution is 9.10. The Morgan fingerprint density at radius 2 is 1.26 bits per heavy atom. The minimum Gasteiger partial charge on any atom is -0.496 e. The summed E-state index contributed by atoms with van der Waals surface area (Å²) in [6.07, 6.45) is 5.12. The maximum Gasteiger partial charge on any atom is 0.134 e. The smallest absolute Gasteiger partial charge is 0.134 e. The van der Waals surface area contributed by atoms with Gasteiger partial charge in [-0.1, -0.05) is 68.4 Å². The van der Waals surface area contributed by atoms with Crippen LogP contribution in [0.15, 0.2) is 40.9 Å². The van der Waals surface area contributed by atoms with Gasteiger partial charge in [0.1, 0.15) is 27.6 Å². The fourth-order valence-corrected chi connectivity index (χ4v) is 3.20. The second-order valence-electron chi connectivity index (χ2n) is 8.52. The summed E-state index contributed by atoms with van der Waals surface area (Å²) in [4.78, 5) is 0. The predicted molar refractivity (Wildman–Crippen MR) is 146 cm³/mol. The van der Waals surface area contributed by atoms with E-state index in [0.29, 0.717) is 10.0 Å². The van der Waals surface area contributed by atoms with Crippen molar-refractivity contribution in [3.8, 4) is 34.9 Å². The number of methoxy groups -OCH3 is 2. The molecule has 0 unspecified atom stereocenters. The minimum atomic E-state index is -1.35. The van der Waals surface area contributed by atoms with Crippen molar-refractivity contribution in [1.82, 2.24) is 0 Å². The summed E-state index contributed by atoms with van der Waals surface area (Å²) in [6, 6.07) is 10.9. The molecule has 2 aromatic carbocycles. The van der Waals surface area contributed by atoms with Crippen LogP contribution in [0, 0.1) is 23.4 Å². The molecule has 0 aromatic heterocycles. The van der Waals surface area contributed by atoms with Gasteiger partial charge in [0.15, 0.2) is 0 Å². The highest BCUT2D eigenvalue weighted by Crippen LogP contribution is 2.27. The van der Waals surface area contributed by atoms with E-state index in [9.17, 15) is 0 Å². The molecule has 168 valence electrons. The molecular formula is C24H31BrCl2O2Si2. The zero-order valence-corrected chi connectivity index (χ0v) is 24.6. The Labute approximate surface area is 208 Å². The lowest BCUT2D eigenvalue weighted by Gasteiger charge is -2.06. The largest absolute Gasteiger partial charge is 0.496 e. The third-order valence-electron chi connectivity index (χ3n) is 3.28. The minimum absolute atomic E-state index is 0.690. The summed E-state index contributed by atoms with van der Waals surface area (Å²) in [5.74, 6) is 4.73. The molecule has 0 saturated heterocycles. The molecule has 7 heteroatoms. The van der Waals surface area contributed by atoms with Gasteiger partial charge in [-0.25, -0.2) is 0 Å². The van der Waals surface area contributed by atoms with Gasteiger partial charge < -0.3 is 9.47 Å². The molecule has 2 aromatic rings. The molecule has 0 heterocycles. The van der Waals surface area contributed by atoms with Crippen molar-refractivity contribution in [3.63, 3.8) is 0 Å². The van der Waals surface area contributed by atoms with Gasteiger partial charge in [-0.05, 0) is 52.3 Å². The third-order valence-corrected chi connectivity index (χ3v) is 6.11. The Balaban J connectivity index is 0.000000484. The molecule has 0 radical (unpaired) electrons. The monoisotopic (exact) mass is 556 g/mol. The van der Waals surface area contributed by atoms with E-state index in [4.69, 9.17) is 39.1 Å². The van der Waals surface area contributed by atoms with E-state index in [1.165, 1.54) is 0 Å². The van der Waals surface area contributed by atoms with Gasteiger partial charge in [0.2, 0.25) is 0 Å². The first kappa shape index (κ1) is 29.7. The van der Waals surface area contributed by atoms with Gasteiger partial charge in [0.05, 0.1) is 24.3 Å². The predicted octanol–water partition coefficient (Wildman–Crippen LogP) is 8.19. The molecule has 0 saturated carbocycles. The Hall–Kier alpha value is -1.35. The molecule has 0 aliphatic rings. The third kappa shape index (κ3) is 14.4. The van der Waals surface area contributed by atoms with Crippen molar-refractivity contribution < 1.29 is 9.47 Å². The lowest BCUT2D eigenvalue weighted by molar-refractivity contribution is 0.412. The summed E-state index contributed by atoms with van der Waals surface area (Å²) in [5, 5.41) is 1.39. The fraction of sp³-hybridized carbons (Fsp3) is 0.333. The first-order valence-electron chi connectivity index (χ1n) is 9.56. The molecule has 0 aliphatic carbocycles. The van der Waals surface area contributed by atoms with E-state index in [1.54, 1.807) is 32.4 Å². The van der Waals surface area contributed by atoms with E-state index < -0.39 is 16.1 Å². The number of halogens is 3. The van der Waals surface area contributed by atoms with Crippen LogP contribution in [0.1, 0.15) is 5.56 Å². The zero-order chi connectivity index (χ0) is 24.2. The normalized spacial score (nSPS) is 10.1. The van der Waals surface area contributed by atoms with Crippen molar-refractivity contribution in [2.75, 3.05) is 14.2 Å². The van der Waals surface area contributed by atoms with Crippen LogP contribution in [0.4, 0.5) is 0 Å². The SMILES string of the molecule is C#C[Si](C)(C)C.COc1ccc(Cl)cc1Br.COc1ccc(Cl)cc1C#C[Si](C)(C)C. The summed E-state index contributed by atoms with van der Waals surface area (Å²) in [7, 11) is 0.805. The van der Waals surface area contributed by atoms with Gasteiger partial charge in [0, 0.05) is 10.0 Å². The van der Waals surface area contributed by atoms with Crippen LogP contribution >= 0.6 is 39.1 Å². The van der Waals surface area contributed by atoms with Crippen LogP contribution in [-0.4, -0.2) is 30.4 Å². The molecular weight excluding hydrogens is 527 g/mol. The molecule has 0 spiro atoms. The van der Waals surface area contributed by atoms with Crippen LogP contribution in [0.5, 0.6) is 11.5 Å². The highest BCUT2D eigenvalue weighted by atomic mass is 79.9.